The third kappa shape index (κ3) is 1.85. The minimum absolute atomic E-state index is 0.174. The lowest BCUT2D eigenvalue weighted by atomic mass is 10.2. The molecule has 0 saturated heterocycles. The average Bonchev–Trinajstić information content (AvgIpc) is 2.19. The number of nitrogens with one attached hydrogen (secondary N) is 1. The normalized spacial score (nSPS) is 10.3. The molecule has 1 amide bonds. The Hall–Kier alpha value is -2.37. The van der Waals surface area contributed by atoms with E-state index in [1.165, 1.54) is 24.3 Å². The lowest BCUT2D eigenvalue weighted by Crippen LogP contribution is -2.08. The summed E-state index contributed by atoms with van der Waals surface area (Å²) in [6, 6.07) is 5.05. The lowest BCUT2D eigenvalue weighted by molar-refractivity contribution is 0.209. The van der Waals surface area contributed by atoms with Crippen LogP contribution in [0.3, 0.4) is 0 Å². The Morgan fingerprint density at radius 1 is 1.38 bits per heavy atom. The van der Waals surface area contributed by atoms with E-state index in [0.29, 0.717) is 10.9 Å². The number of carbonyl (C=O) groups is 1. The number of benzene rings is 1. The third-order valence-corrected chi connectivity index (χ3v) is 1.98. The number of fused-ring (bicyclic) bond motifs is 1. The molecule has 0 spiro atoms. The Morgan fingerprint density at radius 3 is 2.81 bits per heavy atom. The number of aromatic hydroxyl groups is 1. The molecule has 0 aliphatic rings. The van der Waals surface area contributed by atoms with E-state index < -0.39 is 11.9 Å². The van der Waals surface area contributed by atoms with Gasteiger partial charge in [-0.25, -0.2) is 14.2 Å². The third-order valence-electron chi connectivity index (χ3n) is 1.98. The number of pyridine rings is 1. The second-order valence-electron chi connectivity index (χ2n) is 3.12. The summed E-state index contributed by atoms with van der Waals surface area (Å²) in [7, 11) is 0. The fourth-order valence-electron chi connectivity index (χ4n) is 1.33. The number of carboxylic acid groups (broad SMARTS) is 1. The van der Waals surface area contributed by atoms with Crippen molar-refractivity contribution in [1.82, 2.24) is 4.98 Å². The van der Waals surface area contributed by atoms with Gasteiger partial charge in [-0.2, -0.15) is 0 Å². The smallest absolute Gasteiger partial charge is 0.410 e. The minimum Gasteiger partial charge on any atom is -0.504 e. The SMILES string of the molecule is O=C(O)Nc1nc2ccc(F)cc2cc1O. The van der Waals surface area contributed by atoms with Gasteiger partial charge in [0.2, 0.25) is 0 Å². The van der Waals surface area contributed by atoms with E-state index in [0.717, 1.165) is 0 Å². The standard InChI is InChI=1S/C10H7FN2O3/c11-6-1-2-7-5(3-6)4-8(14)9(12-7)13-10(15)16/h1-4,14H,(H,12,13)(H,15,16). The van der Waals surface area contributed by atoms with E-state index in [4.69, 9.17) is 5.11 Å². The van der Waals surface area contributed by atoms with E-state index in [2.05, 4.69) is 4.98 Å². The van der Waals surface area contributed by atoms with Crippen LogP contribution in [0.2, 0.25) is 0 Å². The van der Waals surface area contributed by atoms with Crippen LogP contribution in [0, 0.1) is 5.82 Å². The molecule has 3 N–H and O–H groups in total. The molecule has 0 saturated carbocycles. The molecule has 1 aromatic carbocycles. The number of aromatic nitrogens is 1. The van der Waals surface area contributed by atoms with Crippen LogP contribution in [0.15, 0.2) is 24.3 Å². The maximum Gasteiger partial charge on any atom is 0.410 e. The Morgan fingerprint density at radius 2 is 2.12 bits per heavy atom. The Balaban J connectivity index is 2.58. The van der Waals surface area contributed by atoms with Crippen molar-refractivity contribution in [3.05, 3.63) is 30.1 Å². The van der Waals surface area contributed by atoms with Crippen LogP contribution >= 0.6 is 0 Å². The maximum absolute atomic E-state index is 12.9. The summed E-state index contributed by atoms with van der Waals surface area (Å²) >= 11 is 0. The summed E-state index contributed by atoms with van der Waals surface area (Å²) in [6.45, 7) is 0. The summed E-state index contributed by atoms with van der Waals surface area (Å²) < 4.78 is 12.9. The Kier molecular flexibility index (Phi) is 2.32. The van der Waals surface area contributed by atoms with Crippen molar-refractivity contribution in [3.8, 4) is 5.75 Å². The first-order valence-corrected chi connectivity index (χ1v) is 4.35. The molecule has 82 valence electrons. The van der Waals surface area contributed by atoms with E-state index >= 15 is 0 Å². The summed E-state index contributed by atoms with van der Waals surface area (Å²) in [6.07, 6.45) is -1.33. The number of hydrogen-bond donors (Lipinski definition) is 3. The lowest BCUT2D eigenvalue weighted by Gasteiger charge is -2.05. The fourth-order valence-corrected chi connectivity index (χ4v) is 1.33. The first kappa shape index (κ1) is 10.2. The molecule has 2 rings (SSSR count). The van der Waals surface area contributed by atoms with Gasteiger partial charge < -0.3 is 10.2 Å². The predicted molar refractivity (Wildman–Crippen MR) is 55.0 cm³/mol. The molecule has 0 aliphatic heterocycles. The average molecular weight is 222 g/mol. The zero-order valence-electron chi connectivity index (χ0n) is 7.94. The molecule has 0 unspecified atom stereocenters. The minimum atomic E-state index is -1.33. The summed E-state index contributed by atoms with van der Waals surface area (Å²) in [5, 5.41) is 20.3. The highest BCUT2D eigenvalue weighted by Gasteiger charge is 2.08. The molecule has 0 fully saturated rings. The maximum atomic E-state index is 12.9. The van der Waals surface area contributed by atoms with Gasteiger partial charge in [-0.15, -0.1) is 0 Å². The Bertz CT molecular complexity index is 571. The van der Waals surface area contributed by atoms with Crippen LogP contribution in [0.25, 0.3) is 10.9 Å². The molecule has 1 heterocycles. The highest BCUT2D eigenvalue weighted by molar-refractivity contribution is 5.88. The molecular weight excluding hydrogens is 215 g/mol. The molecule has 16 heavy (non-hydrogen) atoms. The monoisotopic (exact) mass is 222 g/mol. The largest absolute Gasteiger partial charge is 0.504 e. The van der Waals surface area contributed by atoms with Crippen LogP contribution in [0.5, 0.6) is 5.75 Å². The summed E-state index contributed by atoms with van der Waals surface area (Å²) in [5.74, 6) is -0.972. The van der Waals surface area contributed by atoms with Crippen molar-refractivity contribution >= 4 is 22.8 Å². The Labute approximate surface area is 89.2 Å². The number of nitrogens with zero attached hydrogens (tertiary/aromatic N) is 1. The summed E-state index contributed by atoms with van der Waals surface area (Å²) in [4.78, 5) is 14.2. The van der Waals surface area contributed by atoms with Crippen molar-refractivity contribution < 1.29 is 19.4 Å². The molecule has 0 bridgehead atoms. The van der Waals surface area contributed by atoms with Crippen LogP contribution < -0.4 is 5.32 Å². The van der Waals surface area contributed by atoms with Gasteiger partial charge in [0.1, 0.15) is 5.82 Å². The fraction of sp³-hybridized carbons (Fsp3) is 0. The highest BCUT2D eigenvalue weighted by Crippen LogP contribution is 2.26. The van der Waals surface area contributed by atoms with Gasteiger partial charge in [0.05, 0.1) is 5.52 Å². The molecular formula is C10H7FN2O3. The zero-order valence-corrected chi connectivity index (χ0v) is 7.94. The second kappa shape index (κ2) is 3.65. The van der Waals surface area contributed by atoms with Crippen molar-refractivity contribution in [2.24, 2.45) is 0 Å². The molecule has 6 heteroatoms. The first-order valence-electron chi connectivity index (χ1n) is 4.35. The van der Waals surface area contributed by atoms with E-state index in [1.54, 1.807) is 0 Å². The van der Waals surface area contributed by atoms with Crippen LogP contribution in [0.1, 0.15) is 0 Å². The van der Waals surface area contributed by atoms with Gasteiger partial charge in [-0.3, -0.25) is 5.32 Å². The first-order chi connectivity index (χ1) is 7.56. The zero-order chi connectivity index (χ0) is 11.7. The van der Waals surface area contributed by atoms with Crippen molar-refractivity contribution in [2.75, 3.05) is 5.32 Å². The molecule has 0 radical (unpaired) electrons. The topological polar surface area (TPSA) is 82.5 Å². The number of anilines is 1. The van der Waals surface area contributed by atoms with Gasteiger partial charge in [0.15, 0.2) is 11.6 Å². The molecule has 0 atom stereocenters. The van der Waals surface area contributed by atoms with E-state index in [-0.39, 0.29) is 11.6 Å². The summed E-state index contributed by atoms with van der Waals surface area (Å²) in [5.41, 5.74) is 0.392. The quantitative estimate of drug-likeness (QED) is 0.690. The molecule has 1 aromatic heterocycles. The van der Waals surface area contributed by atoms with Gasteiger partial charge in [-0.05, 0) is 24.3 Å². The number of halogens is 1. The number of amides is 1. The number of hydrogen-bond acceptors (Lipinski definition) is 3. The van der Waals surface area contributed by atoms with Gasteiger partial charge in [0.25, 0.3) is 0 Å². The van der Waals surface area contributed by atoms with Crippen LogP contribution in [-0.2, 0) is 0 Å². The van der Waals surface area contributed by atoms with Crippen LogP contribution in [-0.4, -0.2) is 21.3 Å². The highest BCUT2D eigenvalue weighted by atomic mass is 19.1. The van der Waals surface area contributed by atoms with Crippen molar-refractivity contribution in [2.45, 2.75) is 0 Å². The van der Waals surface area contributed by atoms with Gasteiger partial charge >= 0.3 is 6.09 Å². The van der Waals surface area contributed by atoms with Gasteiger partial charge in [-0.1, -0.05) is 0 Å². The predicted octanol–water partition coefficient (Wildman–Crippen LogP) is 2.17. The van der Waals surface area contributed by atoms with Crippen molar-refractivity contribution in [3.63, 3.8) is 0 Å². The molecule has 2 aromatic rings. The van der Waals surface area contributed by atoms with Crippen LogP contribution in [0.4, 0.5) is 15.0 Å². The molecule has 5 nitrogen and oxygen atoms in total. The van der Waals surface area contributed by atoms with E-state index in [9.17, 15) is 14.3 Å². The van der Waals surface area contributed by atoms with Crippen molar-refractivity contribution in [1.29, 1.82) is 0 Å². The second-order valence-corrected chi connectivity index (χ2v) is 3.12. The molecule has 0 aliphatic carbocycles. The number of rotatable bonds is 1. The van der Waals surface area contributed by atoms with E-state index in [1.807, 2.05) is 5.32 Å². The van der Waals surface area contributed by atoms with Gasteiger partial charge in [0, 0.05) is 5.39 Å².